The fourth-order valence-corrected chi connectivity index (χ4v) is 5.35. The zero-order chi connectivity index (χ0) is 22.6. The van der Waals surface area contributed by atoms with Crippen molar-refractivity contribution in [2.24, 2.45) is 4.40 Å². The minimum Gasteiger partial charge on any atom is -0.349 e. The van der Waals surface area contributed by atoms with Gasteiger partial charge in [0.05, 0.1) is 12.3 Å². The molecule has 2 aromatic carbocycles. The van der Waals surface area contributed by atoms with Gasteiger partial charge in [0.2, 0.25) is 15.9 Å². The first-order chi connectivity index (χ1) is 14.6. The highest BCUT2D eigenvalue weighted by Gasteiger charge is 2.30. The van der Waals surface area contributed by atoms with E-state index in [4.69, 9.17) is 0 Å². The van der Waals surface area contributed by atoms with Crippen molar-refractivity contribution in [3.63, 3.8) is 0 Å². The molecule has 1 aliphatic heterocycles. The minimum atomic E-state index is -3.77. The number of hydrogen-bond donors (Lipinski definition) is 2. The van der Waals surface area contributed by atoms with E-state index in [9.17, 15) is 21.6 Å². The van der Waals surface area contributed by atoms with Crippen molar-refractivity contribution in [3.05, 3.63) is 72.3 Å². The Morgan fingerprint density at radius 2 is 1.84 bits per heavy atom. The van der Waals surface area contributed by atoms with Crippen molar-refractivity contribution < 1.29 is 21.6 Å². The number of amidine groups is 1. The summed E-state index contributed by atoms with van der Waals surface area (Å²) < 4.78 is 54.3. The van der Waals surface area contributed by atoms with Gasteiger partial charge in [-0.3, -0.25) is 4.79 Å². The Hall–Kier alpha value is -3.02. The Bertz CT molecular complexity index is 1240. The second-order valence-electron chi connectivity index (χ2n) is 6.88. The molecule has 3 rings (SSSR count). The highest BCUT2D eigenvalue weighted by atomic mass is 32.2. The lowest BCUT2D eigenvalue weighted by Gasteiger charge is -2.18. The molecule has 164 valence electrons. The van der Waals surface area contributed by atoms with Crippen LogP contribution in [0.4, 0.5) is 5.69 Å². The van der Waals surface area contributed by atoms with Crippen LogP contribution < -0.4 is 10.0 Å². The van der Waals surface area contributed by atoms with Crippen molar-refractivity contribution in [3.8, 4) is 0 Å². The third-order valence-corrected chi connectivity index (χ3v) is 7.04. The maximum Gasteiger partial charge on any atom is 0.285 e. The normalized spacial score (nSPS) is 14.4. The molecule has 0 fully saturated rings. The molecule has 2 N–H and O–H groups in total. The second-order valence-corrected chi connectivity index (χ2v) is 10.3. The van der Waals surface area contributed by atoms with Gasteiger partial charge in [-0.05, 0) is 29.8 Å². The number of sulfonamides is 2. The summed E-state index contributed by atoms with van der Waals surface area (Å²) in [6.45, 7) is 3.50. The first-order valence-electron chi connectivity index (χ1n) is 9.24. The Balaban J connectivity index is 1.62. The lowest BCUT2D eigenvalue weighted by atomic mass is 10.2. The Kier molecular flexibility index (Phi) is 6.58. The standard InChI is InChI=1S/C20H22N4O5S2/c1-3-12-21-30(26,27)14-15-8-10-16(11-9-15)22-19(25)13-24(2)20-17-6-4-5-7-18(17)31(28,29)23-20/h3-11,21H,1,12-14H2,2H3,(H,22,25). The molecule has 0 unspecified atom stereocenters. The number of anilines is 1. The van der Waals surface area contributed by atoms with Gasteiger partial charge in [0.1, 0.15) is 4.90 Å². The summed E-state index contributed by atoms with van der Waals surface area (Å²) in [6.07, 6.45) is 1.46. The zero-order valence-electron chi connectivity index (χ0n) is 16.8. The Morgan fingerprint density at radius 1 is 1.16 bits per heavy atom. The minimum absolute atomic E-state index is 0.116. The zero-order valence-corrected chi connectivity index (χ0v) is 18.4. The van der Waals surface area contributed by atoms with Gasteiger partial charge in [0.15, 0.2) is 5.84 Å². The fourth-order valence-electron chi connectivity index (χ4n) is 3.00. The van der Waals surface area contributed by atoms with E-state index in [2.05, 4.69) is 21.0 Å². The maximum absolute atomic E-state index is 12.4. The van der Waals surface area contributed by atoms with Crippen molar-refractivity contribution >= 4 is 37.5 Å². The maximum atomic E-state index is 12.4. The molecule has 11 heteroatoms. The lowest BCUT2D eigenvalue weighted by Crippen LogP contribution is -2.34. The number of nitrogens with zero attached hydrogens (tertiary/aromatic N) is 2. The summed E-state index contributed by atoms with van der Waals surface area (Å²) in [7, 11) is -5.65. The molecule has 31 heavy (non-hydrogen) atoms. The fraction of sp³-hybridized carbons (Fsp3) is 0.200. The number of nitrogens with one attached hydrogen (secondary N) is 2. The Morgan fingerprint density at radius 3 is 2.52 bits per heavy atom. The third-order valence-electron chi connectivity index (χ3n) is 4.40. The molecule has 0 saturated heterocycles. The highest BCUT2D eigenvalue weighted by molar-refractivity contribution is 7.90. The largest absolute Gasteiger partial charge is 0.349 e. The second kappa shape index (κ2) is 9.00. The van der Waals surface area contributed by atoms with E-state index in [0.717, 1.165) is 0 Å². The number of hydrogen-bond acceptors (Lipinski definition) is 6. The summed E-state index contributed by atoms with van der Waals surface area (Å²) >= 11 is 0. The van der Waals surface area contributed by atoms with Crippen LogP contribution in [0.2, 0.25) is 0 Å². The van der Waals surface area contributed by atoms with Gasteiger partial charge in [-0.15, -0.1) is 11.0 Å². The summed E-state index contributed by atoms with van der Waals surface area (Å²) in [5.74, 6) is -0.357. The number of fused-ring (bicyclic) bond motifs is 1. The highest BCUT2D eigenvalue weighted by Crippen LogP contribution is 2.26. The van der Waals surface area contributed by atoms with E-state index < -0.39 is 20.0 Å². The van der Waals surface area contributed by atoms with Gasteiger partial charge in [0, 0.05) is 24.8 Å². The molecule has 0 saturated carbocycles. The molecule has 0 atom stereocenters. The van der Waals surface area contributed by atoms with Gasteiger partial charge in [-0.2, -0.15) is 8.42 Å². The topological polar surface area (TPSA) is 125 Å². The van der Waals surface area contributed by atoms with Crippen LogP contribution in [0.1, 0.15) is 11.1 Å². The van der Waals surface area contributed by atoms with Crippen LogP contribution in [-0.4, -0.2) is 53.6 Å². The first kappa shape index (κ1) is 22.7. The molecule has 0 spiro atoms. The number of carbonyl (C=O) groups excluding carboxylic acids is 1. The van der Waals surface area contributed by atoms with Crippen molar-refractivity contribution in [2.75, 3.05) is 25.5 Å². The monoisotopic (exact) mass is 462 g/mol. The summed E-state index contributed by atoms with van der Waals surface area (Å²) in [5.41, 5.74) is 1.50. The molecule has 0 bridgehead atoms. The van der Waals surface area contributed by atoms with Gasteiger partial charge in [0.25, 0.3) is 10.0 Å². The van der Waals surface area contributed by atoms with Crippen LogP contribution in [0.25, 0.3) is 0 Å². The average Bonchev–Trinajstić information content (AvgIpc) is 2.99. The van der Waals surface area contributed by atoms with Crippen molar-refractivity contribution in [1.29, 1.82) is 0 Å². The number of rotatable bonds is 8. The number of likely N-dealkylation sites (N-methyl/N-ethyl adjacent to an activating group) is 1. The molecular formula is C20H22N4O5S2. The molecule has 0 radical (unpaired) electrons. The van der Waals surface area contributed by atoms with Crippen molar-refractivity contribution in [2.45, 2.75) is 10.6 Å². The Labute approximate surface area is 181 Å². The van der Waals surface area contributed by atoms with E-state index in [1.807, 2.05) is 0 Å². The van der Waals surface area contributed by atoms with Crippen LogP contribution in [0, 0.1) is 0 Å². The molecule has 1 aliphatic rings. The first-order valence-corrected chi connectivity index (χ1v) is 12.3. The predicted molar refractivity (Wildman–Crippen MR) is 119 cm³/mol. The van der Waals surface area contributed by atoms with Crippen LogP contribution in [0.3, 0.4) is 0 Å². The molecule has 1 amide bonds. The van der Waals surface area contributed by atoms with Crippen LogP contribution in [0.15, 0.2) is 70.5 Å². The van der Waals surface area contributed by atoms with E-state index in [1.54, 1.807) is 49.5 Å². The summed E-state index contributed by atoms with van der Waals surface area (Å²) in [4.78, 5) is 14.0. The molecule has 1 heterocycles. The van der Waals surface area contributed by atoms with Gasteiger partial charge in [-0.25, -0.2) is 13.1 Å². The van der Waals surface area contributed by atoms with Gasteiger partial charge < -0.3 is 10.2 Å². The number of carbonyl (C=O) groups is 1. The third kappa shape index (κ3) is 5.57. The van der Waals surface area contributed by atoms with Gasteiger partial charge >= 0.3 is 0 Å². The number of amides is 1. The molecule has 0 aliphatic carbocycles. The van der Waals surface area contributed by atoms with E-state index >= 15 is 0 Å². The SMILES string of the molecule is C=CCNS(=O)(=O)Cc1ccc(NC(=O)CN(C)C2=NS(=O)(=O)c3ccccc32)cc1. The van der Waals surface area contributed by atoms with E-state index in [1.165, 1.54) is 17.0 Å². The molecule has 0 aromatic heterocycles. The van der Waals surface area contributed by atoms with E-state index in [-0.39, 0.29) is 35.5 Å². The van der Waals surface area contributed by atoms with Crippen LogP contribution >= 0.6 is 0 Å². The average molecular weight is 463 g/mol. The van der Waals surface area contributed by atoms with Crippen LogP contribution in [-0.2, 0) is 30.6 Å². The smallest absolute Gasteiger partial charge is 0.285 e. The van der Waals surface area contributed by atoms with Gasteiger partial charge in [-0.1, -0.05) is 30.3 Å². The summed E-state index contributed by atoms with van der Waals surface area (Å²) in [6, 6.07) is 12.9. The van der Waals surface area contributed by atoms with E-state index in [0.29, 0.717) is 16.8 Å². The lowest BCUT2D eigenvalue weighted by molar-refractivity contribution is -0.116. The predicted octanol–water partition coefficient (Wildman–Crippen LogP) is 1.31. The summed E-state index contributed by atoms with van der Waals surface area (Å²) in [5, 5.41) is 2.70. The quantitative estimate of drug-likeness (QED) is 0.570. The molecule has 9 nitrogen and oxygen atoms in total. The van der Waals surface area contributed by atoms with Crippen LogP contribution in [0.5, 0.6) is 0 Å². The number of benzene rings is 2. The molecular weight excluding hydrogens is 440 g/mol. The molecule has 2 aromatic rings. The van der Waals surface area contributed by atoms with Crippen molar-refractivity contribution in [1.82, 2.24) is 9.62 Å².